The Labute approximate surface area is 144 Å². The number of amides is 2. The van der Waals surface area contributed by atoms with Gasteiger partial charge < -0.3 is 20.1 Å². The maximum absolute atomic E-state index is 12.5. The van der Waals surface area contributed by atoms with Gasteiger partial charge in [0.05, 0.1) is 11.4 Å². The van der Waals surface area contributed by atoms with Crippen molar-refractivity contribution in [2.75, 3.05) is 36.4 Å². The van der Waals surface area contributed by atoms with Crippen LogP contribution < -0.4 is 15.8 Å². The van der Waals surface area contributed by atoms with Crippen molar-refractivity contribution in [2.24, 2.45) is 0 Å². The van der Waals surface area contributed by atoms with E-state index in [1.54, 1.807) is 29.2 Å². The summed E-state index contributed by atoms with van der Waals surface area (Å²) in [6.07, 6.45) is 2.42. The SMILES string of the molecule is Cc1csc(N2CCCN(C(=O)Nc3c[nH]c(=O)c(C)c3)CC2)n1. The zero-order valence-corrected chi connectivity index (χ0v) is 14.7. The molecule has 0 saturated carbocycles. The van der Waals surface area contributed by atoms with Crippen molar-refractivity contribution in [2.45, 2.75) is 20.3 Å². The molecule has 8 heteroatoms. The van der Waals surface area contributed by atoms with Crippen LogP contribution in [0.2, 0.25) is 0 Å². The Morgan fingerprint density at radius 1 is 1.29 bits per heavy atom. The van der Waals surface area contributed by atoms with Crippen molar-refractivity contribution in [1.82, 2.24) is 14.9 Å². The molecule has 0 aromatic carbocycles. The first-order valence-corrected chi connectivity index (χ1v) is 8.83. The average Bonchev–Trinajstić information content (AvgIpc) is 2.84. The van der Waals surface area contributed by atoms with E-state index in [4.69, 9.17) is 0 Å². The lowest BCUT2D eigenvalue weighted by atomic mass is 10.3. The fourth-order valence-corrected chi connectivity index (χ4v) is 3.53. The van der Waals surface area contributed by atoms with E-state index in [1.807, 2.05) is 12.3 Å². The minimum atomic E-state index is -0.142. The van der Waals surface area contributed by atoms with Crippen LogP contribution in [0.5, 0.6) is 0 Å². The number of H-pyrrole nitrogens is 1. The first kappa shape index (κ1) is 16.5. The molecule has 0 aliphatic carbocycles. The first-order chi connectivity index (χ1) is 11.5. The molecule has 2 amide bonds. The number of hydrogen-bond donors (Lipinski definition) is 2. The quantitative estimate of drug-likeness (QED) is 0.872. The summed E-state index contributed by atoms with van der Waals surface area (Å²) in [5.41, 5.74) is 2.07. The minimum Gasteiger partial charge on any atom is -0.346 e. The number of urea groups is 1. The lowest BCUT2D eigenvalue weighted by Gasteiger charge is -2.22. The molecule has 1 saturated heterocycles. The van der Waals surface area contributed by atoms with Crippen molar-refractivity contribution < 1.29 is 4.79 Å². The zero-order valence-electron chi connectivity index (χ0n) is 13.8. The van der Waals surface area contributed by atoms with Crippen LogP contribution in [0.15, 0.2) is 22.4 Å². The van der Waals surface area contributed by atoms with Gasteiger partial charge in [0.15, 0.2) is 5.13 Å². The number of nitrogens with one attached hydrogen (secondary N) is 2. The number of hydrogen-bond acceptors (Lipinski definition) is 5. The third-order valence-corrected chi connectivity index (χ3v) is 5.02. The van der Waals surface area contributed by atoms with Gasteiger partial charge in [-0.2, -0.15) is 0 Å². The average molecular weight is 347 g/mol. The van der Waals surface area contributed by atoms with Gasteiger partial charge in [-0.25, -0.2) is 9.78 Å². The Hall–Kier alpha value is -2.35. The number of aromatic amines is 1. The predicted molar refractivity (Wildman–Crippen MR) is 96.1 cm³/mol. The number of aromatic nitrogens is 2. The second-order valence-electron chi connectivity index (χ2n) is 5.93. The molecule has 0 atom stereocenters. The van der Waals surface area contributed by atoms with Crippen LogP contribution in [0.1, 0.15) is 17.7 Å². The highest BCUT2D eigenvalue weighted by molar-refractivity contribution is 7.13. The number of pyridine rings is 1. The van der Waals surface area contributed by atoms with E-state index in [2.05, 4.69) is 20.2 Å². The number of rotatable bonds is 2. The number of thiazole rings is 1. The normalized spacial score (nSPS) is 15.2. The molecule has 0 unspecified atom stereocenters. The fourth-order valence-electron chi connectivity index (χ4n) is 2.67. The number of aryl methyl sites for hydroxylation is 2. The van der Waals surface area contributed by atoms with Crippen LogP contribution in [-0.4, -0.2) is 47.1 Å². The van der Waals surface area contributed by atoms with Crippen LogP contribution in [0.25, 0.3) is 0 Å². The highest BCUT2D eigenvalue weighted by Gasteiger charge is 2.20. The van der Waals surface area contributed by atoms with Crippen LogP contribution in [0, 0.1) is 13.8 Å². The largest absolute Gasteiger partial charge is 0.346 e. The summed E-state index contributed by atoms with van der Waals surface area (Å²) >= 11 is 1.64. The molecular formula is C16H21N5O2S. The van der Waals surface area contributed by atoms with E-state index in [9.17, 15) is 9.59 Å². The first-order valence-electron chi connectivity index (χ1n) is 7.95. The van der Waals surface area contributed by atoms with Gasteiger partial charge in [0.25, 0.3) is 5.56 Å². The van der Waals surface area contributed by atoms with Crippen LogP contribution >= 0.6 is 11.3 Å². The minimum absolute atomic E-state index is 0.140. The van der Waals surface area contributed by atoms with E-state index in [1.165, 1.54) is 6.20 Å². The smallest absolute Gasteiger partial charge is 0.321 e. The second kappa shape index (κ2) is 7.04. The summed E-state index contributed by atoms with van der Waals surface area (Å²) in [7, 11) is 0. The van der Waals surface area contributed by atoms with Crippen LogP contribution in [0.4, 0.5) is 15.6 Å². The maximum atomic E-state index is 12.5. The number of anilines is 2. The summed E-state index contributed by atoms with van der Waals surface area (Å²) in [4.78, 5) is 35.0. The summed E-state index contributed by atoms with van der Waals surface area (Å²) in [6.45, 7) is 6.72. The molecule has 2 aromatic heterocycles. The third-order valence-electron chi connectivity index (χ3n) is 4.00. The Balaban J connectivity index is 1.61. The van der Waals surface area contributed by atoms with Gasteiger partial charge in [-0.3, -0.25) is 4.79 Å². The molecule has 128 valence electrons. The zero-order chi connectivity index (χ0) is 17.1. The van der Waals surface area contributed by atoms with E-state index >= 15 is 0 Å². The fraction of sp³-hybridized carbons (Fsp3) is 0.438. The number of carbonyl (C=O) groups excluding carboxylic acids is 1. The second-order valence-corrected chi connectivity index (χ2v) is 6.77. The number of nitrogens with zero attached hydrogens (tertiary/aromatic N) is 3. The molecule has 3 heterocycles. The molecule has 1 aliphatic rings. The highest BCUT2D eigenvalue weighted by Crippen LogP contribution is 2.21. The molecule has 1 aliphatic heterocycles. The van der Waals surface area contributed by atoms with E-state index < -0.39 is 0 Å². The van der Waals surface area contributed by atoms with E-state index in [0.29, 0.717) is 24.3 Å². The Bertz CT molecular complexity index is 785. The summed E-state index contributed by atoms with van der Waals surface area (Å²) in [5.74, 6) is 0. The molecular weight excluding hydrogens is 326 g/mol. The molecule has 1 fully saturated rings. The van der Waals surface area contributed by atoms with E-state index in [-0.39, 0.29) is 11.6 Å². The van der Waals surface area contributed by atoms with Gasteiger partial charge in [-0.1, -0.05) is 0 Å². The molecule has 0 spiro atoms. The summed E-state index contributed by atoms with van der Waals surface area (Å²) in [6, 6.07) is 1.54. The van der Waals surface area contributed by atoms with Crippen LogP contribution in [0.3, 0.4) is 0 Å². The Morgan fingerprint density at radius 3 is 2.83 bits per heavy atom. The van der Waals surface area contributed by atoms with Crippen molar-refractivity contribution in [3.63, 3.8) is 0 Å². The van der Waals surface area contributed by atoms with Crippen molar-refractivity contribution in [3.8, 4) is 0 Å². The molecule has 24 heavy (non-hydrogen) atoms. The van der Waals surface area contributed by atoms with Gasteiger partial charge in [0.1, 0.15) is 0 Å². The molecule has 0 bridgehead atoms. The molecule has 2 N–H and O–H groups in total. The summed E-state index contributed by atoms with van der Waals surface area (Å²) < 4.78 is 0. The molecule has 3 rings (SSSR count). The number of carbonyl (C=O) groups is 1. The van der Waals surface area contributed by atoms with Gasteiger partial charge in [0, 0.05) is 43.3 Å². The van der Waals surface area contributed by atoms with Crippen LogP contribution in [-0.2, 0) is 0 Å². The van der Waals surface area contributed by atoms with Gasteiger partial charge in [-0.05, 0) is 26.3 Å². The van der Waals surface area contributed by atoms with E-state index in [0.717, 1.165) is 30.3 Å². The Kier molecular flexibility index (Phi) is 4.84. The van der Waals surface area contributed by atoms with Crippen molar-refractivity contribution in [3.05, 3.63) is 39.3 Å². The predicted octanol–water partition coefficient (Wildman–Crippen LogP) is 2.19. The monoisotopic (exact) mass is 347 g/mol. The third kappa shape index (κ3) is 3.76. The lowest BCUT2D eigenvalue weighted by molar-refractivity contribution is 0.215. The molecule has 0 radical (unpaired) electrons. The summed E-state index contributed by atoms with van der Waals surface area (Å²) in [5, 5.41) is 5.92. The molecule has 2 aromatic rings. The van der Waals surface area contributed by atoms with Crippen molar-refractivity contribution >= 4 is 28.2 Å². The van der Waals surface area contributed by atoms with Gasteiger partial charge >= 0.3 is 6.03 Å². The maximum Gasteiger partial charge on any atom is 0.321 e. The van der Waals surface area contributed by atoms with Crippen molar-refractivity contribution in [1.29, 1.82) is 0 Å². The lowest BCUT2D eigenvalue weighted by Crippen LogP contribution is -2.38. The molecule has 7 nitrogen and oxygen atoms in total. The van der Waals surface area contributed by atoms with Gasteiger partial charge in [-0.15, -0.1) is 11.3 Å². The standard InChI is InChI=1S/C16H21N5O2S/c1-11-8-13(9-17-14(11)22)19-15(23)20-4-3-5-21(7-6-20)16-18-12(2)10-24-16/h8-10H,3-7H2,1-2H3,(H,17,22)(H,19,23). The topological polar surface area (TPSA) is 81.3 Å². The van der Waals surface area contributed by atoms with Gasteiger partial charge in [0.2, 0.25) is 0 Å². The Morgan fingerprint density at radius 2 is 2.12 bits per heavy atom. The highest BCUT2D eigenvalue weighted by atomic mass is 32.1.